The maximum Gasteiger partial charge on any atom is 0.209 e. The minimum atomic E-state index is -0.129. The van der Waals surface area contributed by atoms with E-state index in [-0.39, 0.29) is 13.2 Å². The molecule has 0 heterocycles. The molecule has 1 N–H and O–H groups in total. The second kappa shape index (κ2) is 5.37. The van der Waals surface area contributed by atoms with Crippen LogP contribution in [0.3, 0.4) is 0 Å². The SMILES string of the molecule is CC/C=[N+](\[O-])OCCO. The molecule has 0 aromatic carbocycles. The summed E-state index contributed by atoms with van der Waals surface area (Å²) in [5.41, 5.74) is 0. The standard InChI is InChI=1S/C5H11NO3/c1-2-3-6(8)9-5-4-7/h3,7H,2,4-5H2,1H3/b6-3+. The summed E-state index contributed by atoms with van der Waals surface area (Å²) in [5, 5.41) is 18.5. The van der Waals surface area contributed by atoms with Crippen LogP contribution in [0.4, 0.5) is 0 Å². The van der Waals surface area contributed by atoms with Crippen molar-refractivity contribution in [2.75, 3.05) is 13.2 Å². The average molecular weight is 133 g/mol. The van der Waals surface area contributed by atoms with Crippen LogP contribution < -0.4 is 0 Å². The first-order valence-electron chi connectivity index (χ1n) is 2.84. The lowest BCUT2D eigenvalue weighted by atomic mass is 10.6. The maximum absolute atomic E-state index is 10.3. The van der Waals surface area contributed by atoms with E-state index >= 15 is 0 Å². The molecule has 4 heteroatoms. The molecule has 0 aromatic rings. The third-order valence-corrected chi connectivity index (χ3v) is 0.641. The summed E-state index contributed by atoms with van der Waals surface area (Å²) in [6.45, 7) is 1.75. The van der Waals surface area contributed by atoms with Crippen molar-refractivity contribution in [3.05, 3.63) is 5.21 Å². The third kappa shape index (κ3) is 5.10. The van der Waals surface area contributed by atoms with Crippen LogP contribution in [0, 0.1) is 5.21 Å². The van der Waals surface area contributed by atoms with Crippen molar-refractivity contribution in [3.8, 4) is 0 Å². The van der Waals surface area contributed by atoms with Crippen LogP contribution in [0.2, 0.25) is 0 Å². The summed E-state index contributed by atoms with van der Waals surface area (Å²) in [6.07, 6.45) is 1.98. The Hall–Kier alpha value is -0.770. The van der Waals surface area contributed by atoms with Gasteiger partial charge in [0.25, 0.3) is 0 Å². The van der Waals surface area contributed by atoms with Crippen LogP contribution in [-0.4, -0.2) is 29.4 Å². The predicted molar refractivity (Wildman–Crippen MR) is 33.0 cm³/mol. The zero-order valence-electron chi connectivity index (χ0n) is 5.41. The Morgan fingerprint density at radius 3 is 2.89 bits per heavy atom. The van der Waals surface area contributed by atoms with Crippen LogP contribution in [0.15, 0.2) is 0 Å². The molecule has 0 amide bonds. The number of rotatable bonds is 4. The lowest BCUT2D eigenvalue weighted by Crippen LogP contribution is -2.09. The highest BCUT2D eigenvalue weighted by atomic mass is 16.9. The van der Waals surface area contributed by atoms with Crippen molar-refractivity contribution in [1.82, 2.24) is 0 Å². The molecule has 0 fully saturated rings. The van der Waals surface area contributed by atoms with Gasteiger partial charge in [-0.15, -0.1) is 0 Å². The molecule has 0 atom stereocenters. The van der Waals surface area contributed by atoms with E-state index in [1.165, 1.54) is 6.21 Å². The first kappa shape index (κ1) is 8.23. The summed E-state index contributed by atoms with van der Waals surface area (Å²) < 4.78 is 0. The summed E-state index contributed by atoms with van der Waals surface area (Å²) in [4.78, 5) is 4.76. The van der Waals surface area contributed by atoms with E-state index in [0.29, 0.717) is 11.3 Å². The van der Waals surface area contributed by atoms with E-state index < -0.39 is 0 Å². The van der Waals surface area contributed by atoms with Crippen molar-refractivity contribution in [2.24, 2.45) is 0 Å². The molecule has 0 saturated carbocycles. The van der Waals surface area contributed by atoms with Crippen LogP contribution in [0.5, 0.6) is 0 Å². The van der Waals surface area contributed by atoms with Gasteiger partial charge in [0, 0.05) is 11.3 Å². The zero-order valence-corrected chi connectivity index (χ0v) is 5.41. The van der Waals surface area contributed by atoms with Crippen molar-refractivity contribution in [2.45, 2.75) is 13.3 Å². The van der Waals surface area contributed by atoms with E-state index in [2.05, 4.69) is 4.84 Å². The average Bonchev–Trinajstić information content (AvgIpc) is 1.85. The topological polar surface area (TPSA) is 55.5 Å². The molecular formula is C5H11NO3. The van der Waals surface area contributed by atoms with Crippen LogP contribution >= 0.6 is 0 Å². The molecule has 0 unspecified atom stereocenters. The van der Waals surface area contributed by atoms with Crippen molar-refractivity contribution in [3.63, 3.8) is 0 Å². The fourth-order valence-corrected chi connectivity index (χ4v) is 0.333. The molecule has 0 rings (SSSR count). The molecule has 0 aliphatic rings. The van der Waals surface area contributed by atoms with E-state index in [9.17, 15) is 5.21 Å². The molecule has 0 saturated heterocycles. The Balaban J connectivity index is 3.25. The molecule has 0 bridgehead atoms. The lowest BCUT2D eigenvalue weighted by molar-refractivity contribution is -0.739. The van der Waals surface area contributed by atoms with Gasteiger partial charge in [-0.05, 0) is 0 Å². The summed E-state index contributed by atoms with van der Waals surface area (Å²) in [6, 6.07) is 0. The second-order valence-electron chi connectivity index (χ2n) is 1.43. The zero-order chi connectivity index (χ0) is 7.11. The van der Waals surface area contributed by atoms with E-state index in [1.807, 2.05) is 6.92 Å². The van der Waals surface area contributed by atoms with Crippen LogP contribution in [-0.2, 0) is 4.84 Å². The second-order valence-corrected chi connectivity index (χ2v) is 1.43. The van der Waals surface area contributed by atoms with E-state index in [4.69, 9.17) is 5.11 Å². The van der Waals surface area contributed by atoms with Gasteiger partial charge in [-0.25, -0.2) is 0 Å². The molecule has 4 nitrogen and oxygen atoms in total. The van der Waals surface area contributed by atoms with Crippen molar-refractivity contribution >= 4 is 6.21 Å². The van der Waals surface area contributed by atoms with Gasteiger partial charge in [0.15, 0.2) is 0 Å². The fourth-order valence-electron chi connectivity index (χ4n) is 0.333. The number of hydrogen-bond acceptors (Lipinski definition) is 3. The first-order chi connectivity index (χ1) is 4.31. The Morgan fingerprint density at radius 2 is 2.44 bits per heavy atom. The number of hydrogen-bond donors (Lipinski definition) is 1. The molecule has 9 heavy (non-hydrogen) atoms. The summed E-state index contributed by atoms with van der Waals surface area (Å²) in [5.74, 6) is 0. The Morgan fingerprint density at radius 1 is 1.78 bits per heavy atom. The predicted octanol–water partition coefficient (Wildman–Crippen LogP) is -0.0986. The molecule has 54 valence electrons. The monoisotopic (exact) mass is 133 g/mol. The van der Waals surface area contributed by atoms with Crippen LogP contribution in [0.25, 0.3) is 0 Å². The van der Waals surface area contributed by atoms with Gasteiger partial charge in [-0.1, -0.05) is 6.92 Å². The largest absolute Gasteiger partial charge is 0.401 e. The maximum atomic E-state index is 10.3. The highest BCUT2D eigenvalue weighted by Gasteiger charge is 1.86. The van der Waals surface area contributed by atoms with Gasteiger partial charge in [0.2, 0.25) is 6.21 Å². The van der Waals surface area contributed by atoms with Gasteiger partial charge in [0.05, 0.1) is 13.2 Å². The van der Waals surface area contributed by atoms with E-state index in [1.54, 1.807) is 0 Å². The minimum absolute atomic E-state index is 0.0556. The number of nitrogens with zero attached hydrogens (tertiary/aromatic N) is 1. The molecule has 0 aliphatic carbocycles. The van der Waals surface area contributed by atoms with Crippen molar-refractivity contribution < 1.29 is 14.8 Å². The summed E-state index contributed by atoms with van der Waals surface area (Å²) in [7, 11) is 0. The van der Waals surface area contributed by atoms with Gasteiger partial charge in [0.1, 0.15) is 0 Å². The van der Waals surface area contributed by atoms with Crippen molar-refractivity contribution in [1.29, 1.82) is 0 Å². The first-order valence-corrected chi connectivity index (χ1v) is 2.84. The minimum Gasteiger partial charge on any atom is -0.401 e. The fraction of sp³-hybridized carbons (Fsp3) is 0.800. The highest BCUT2D eigenvalue weighted by Crippen LogP contribution is 1.75. The van der Waals surface area contributed by atoms with Gasteiger partial charge < -0.3 is 9.94 Å². The molecule has 0 spiro atoms. The lowest BCUT2D eigenvalue weighted by Gasteiger charge is -2.00. The molecule has 0 radical (unpaired) electrons. The Bertz CT molecular complexity index is 92.2. The number of aliphatic hydroxyl groups excluding tert-OH is 1. The molecule has 0 aliphatic heterocycles. The van der Waals surface area contributed by atoms with E-state index in [0.717, 1.165) is 0 Å². The Labute approximate surface area is 53.9 Å². The smallest absolute Gasteiger partial charge is 0.209 e. The van der Waals surface area contributed by atoms with Crippen LogP contribution in [0.1, 0.15) is 13.3 Å². The van der Waals surface area contributed by atoms with Gasteiger partial charge in [-0.3, -0.25) is 5.21 Å². The normalized spacial score (nSPS) is 11.6. The highest BCUT2D eigenvalue weighted by molar-refractivity contribution is 5.49. The Kier molecular flexibility index (Phi) is 4.91. The number of aliphatic hydroxyl groups is 1. The van der Waals surface area contributed by atoms with Gasteiger partial charge in [-0.2, -0.15) is 0 Å². The molecular weight excluding hydrogens is 122 g/mol. The third-order valence-electron chi connectivity index (χ3n) is 0.641. The summed E-state index contributed by atoms with van der Waals surface area (Å²) >= 11 is 0. The molecule has 0 aromatic heterocycles. The quantitative estimate of drug-likeness (QED) is 0.331. The van der Waals surface area contributed by atoms with Gasteiger partial charge >= 0.3 is 0 Å².